The predicted octanol–water partition coefficient (Wildman–Crippen LogP) is 2.64. The van der Waals surface area contributed by atoms with E-state index >= 15 is 0 Å². The van der Waals surface area contributed by atoms with E-state index in [1.54, 1.807) is 24.4 Å². The van der Waals surface area contributed by atoms with Gasteiger partial charge in [-0.1, -0.05) is 30.2 Å². The molecule has 0 bridgehead atoms. The van der Waals surface area contributed by atoms with E-state index < -0.39 is 10.0 Å². The van der Waals surface area contributed by atoms with Gasteiger partial charge in [0.1, 0.15) is 0 Å². The lowest BCUT2D eigenvalue weighted by Crippen LogP contribution is -2.40. The molecule has 30 heavy (non-hydrogen) atoms. The Balaban J connectivity index is 1.40. The maximum absolute atomic E-state index is 13.3. The molecule has 1 N–H and O–H groups in total. The van der Waals surface area contributed by atoms with Gasteiger partial charge in [-0.2, -0.15) is 4.31 Å². The van der Waals surface area contributed by atoms with Crippen LogP contribution in [0.5, 0.6) is 0 Å². The second-order valence-corrected chi connectivity index (χ2v) is 10.4. The highest BCUT2D eigenvalue weighted by molar-refractivity contribution is 7.89. The maximum atomic E-state index is 13.3. The van der Waals surface area contributed by atoms with Crippen LogP contribution < -0.4 is 5.32 Å². The van der Waals surface area contributed by atoms with Crippen molar-refractivity contribution in [2.45, 2.75) is 43.0 Å². The molecule has 1 aromatic carbocycles. The molecule has 0 radical (unpaired) electrons. The highest BCUT2D eigenvalue weighted by atomic mass is 35.5. The van der Waals surface area contributed by atoms with Gasteiger partial charge in [0.25, 0.3) is 0 Å². The van der Waals surface area contributed by atoms with Crippen LogP contribution in [0.4, 0.5) is 0 Å². The summed E-state index contributed by atoms with van der Waals surface area (Å²) in [5.41, 5.74) is 0. The second-order valence-electron chi connectivity index (χ2n) is 8.04. The highest BCUT2D eigenvalue weighted by Gasteiger charge is 2.34. The van der Waals surface area contributed by atoms with Crippen LogP contribution in [0.1, 0.15) is 32.1 Å². The summed E-state index contributed by atoms with van der Waals surface area (Å²) >= 11 is 6.26. The number of carbonyl (C=O) groups is 1. The number of amides is 1. The topological polar surface area (TPSA) is 82.6 Å². The van der Waals surface area contributed by atoms with E-state index in [-0.39, 0.29) is 23.4 Å². The Morgan fingerprint density at radius 1 is 1.17 bits per heavy atom. The largest absolute Gasteiger partial charge is 0.352 e. The summed E-state index contributed by atoms with van der Waals surface area (Å²) in [6.45, 7) is 3.54. The minimum Gasteiger partial charge on any atom is -0.352 e. The van der Waals surface area contributed by atoms with Crippen LogP contribution in [0.2, 0.25) is 5.02 Å². The summed E-state index contributed by atoms with van der Waals surface area (Å²) in [6.07, 6.45) is 7.79. The number of hydrogen-bond acceptors (Lipinski definition) is 5. The van der Waals surface area contributed by atoms with E-state index in [1.807, 2.05) is 0 Å². The molecule has 1 aromatic heterocycles. The third-order valence-electron chi connectivity index (χ3n) is 5.94. The van der Waals surface area contributed by atoms with Crippen molar-refractivity contribution in [3.8, 4) is 0 Å². The number of likely N-dealkylation sites (tertiary alicyclic amines) is 1. The van der Waals surface area contributed by atoms with E-state index in [0.717, 1.165) is 19.6 Å². The van der Waals surface area contributed by atoms with Gasteiger partial charge in [0.05, 0.1) is 9.92 Å². The van der Waals surface area contributed by atoms with Gasteiger partial charge in [0, 0.05) is 55.3 Å². The lowest BCUT2D eigenvalue weighted by atomic mass is 10.1. The maximum Gasteiger partial charge on any atom is 0.243 e. The normalized spacial score (nSPS) is 21.2. The fraction of sp³-hybridized carbons (Fsp3) is 0.524. The minimum absolute atomic E-state index is 0.0101. The number of pyridine rings is 1. The average molecular weight is 451 g/mol. The van der Waals surface area contributed by atoms with Gasteiger partial charge in [-0.3, -0.25) is 9.78 Å². The summed E-state index contributed by atoms with van der Waals surface area (Å²) in [5, 5.41) is 4.50. The molecule has 1 amide bonds. The van der Waals surface area contributed by atoms with Crippen molar-refractivity contribution in [3.05, 3.63) is 35.6 Å². The zero-order valence-corrected chi connectivity index (χ0v) is 18.5. The van der Waals surface area contributed by atoms with E-state index in [2.05, 4.69) is 15.2 Å². The van der Waals surface area contributed by atoms with Gasteiger partial charge < -0.3 is 10.2 Å². The Morgan fingerprint density at radius 2 is 1.97 bits per heavy atom. The van der Waals surface area contributed by atoms with Gasteiger partial charge in [-0.25, -0.2) is 8.42 Å². The first-order valence-corrected chi connectivity index (χ1v) is 12.3. The summed E-state index contributed by atoms with van der Waals surface area (Å²) < 4.78 is 28.0. The van der Waals surface area contributed by atoms with E-state index in [4.69, 9.17) is 11.6 Å². The molecule has 0 saturated carbocycles. The zero-order chi connectivity index (χ0) is 21.1. The highest BCUT2D eigenvalue weighted by Crippen LogP contribution is 2.32. The summed E-state index contributed by atoms with van der Waals surface area (Å²) in [7, 11) is -3.72. The van der Waals surface area contributed by atoms with Gasteiger partial charge in [-0.05, 0) is 38.4 Å². The molecule has 9 heteroatoms. The number of aromatic nitrogens is 1. The molecule has 0 aliphatic carbocycles. The molecule has 0 spiro atoms. The number of carbonyl (C=O) groups excluding carboxylic acids is 1. The number of nitrogens with one attached hydrogen (secondary N) is 1. The molecule has 7 nitrogen and oxygen atoms in total. The monoisotopic (exact) mass is 450 g/mol. The number of rotatable bonds is 6. The Kier molecular flexibility index (Phi) is 6.57. The molecule has 162 valence electrons. The Hall–Kier alpha value is -1.74. The van der Waals surface area contributed by atoms with E-state index in [0.29, 0.717) is 35.2 Å². The molecule has 1 atom stereocenters. The van der Waals surface area contributed by atoms with Crippen LogP contribution >= 0.6 is 11.6 Å². The number of hydrogen-bond donors (Lipinski definition) is 1. The van der Waals surface area contributed by atoms with Gasteiger partial charge in [-0.15, -0.1) is 0 Å². The van der Waals surface area contributed by atoms with Crippen molar-refractivity contribution in [1.82, 2.24) is 19.5 Å². The summed E-state index contributed by atoms with van der Waals surface area (Å²) in [4.78, 5) is 18.9. The van der Waals surface area contributed by atoms with Gasteiger partial charge >= 0.3 is 0 Å². The zero-order valence-electron chi connectivity index (χ0n) is 16.9. The molecule has 2 saturated heterocycles. The van der Waals surface area contributed by atoms with Crippen LogP contribution in [-0.4, -0.2) is 67.3 Å². The molecular weight excluding hydrogens is 424 g/mol. The van der Waals surface area contributed by atoms with Gasteiger partial charge in [0.2, 0.25) is 15.9 Å². The molecule has 2 aliphatic heterocycles. The SMILES string of the molecule is O=C(CCN1CCCCC1)NC1CCN(S(=O)(=O)c2cccc3cncc(Cl)c23)C1. The van der Waals surface area contributed by atoms with Crippen molar-refractivity contribution in [2.75, 3.05) is 32.7 Å². The van der Waals surface area contributed by atoms with Crippen LogP contribution in [0.3, 0.4) is 0 Å². The van der Waals surface area contributed by atoms with Crippen molar-refractivity contribution in [3.63, 3.8) is 0 Å². The number of piperidine rings is 1. The average Bonchev–Trinajstić information content (AvgIpc) is 3.22. The Morgan fingerprint density at radius 3 is 2.77 bits per heavy atom. The molecule has 2 aliphatic rings. The first-order chi connectivity index (χ1) is 14.4. The fourth-order valence-electron chi connectivity index (χ4n) is 4.32. The number of benzene rings is 1. The molecule has 2 aromatic rings. The van der Waals surface area contributed by atoms with Crippen LogP contribution in [0.25, 0.3) is 10.8 Å². The first kappa shape index (κ1) is 21.5. The van der Waals surface area contributed by atoms with Crippen LogP contribution in [0, 0.1) is 0 Å². The summed E-state index contributed by atoms with van der Waals surface area (Å²) in [5.74, 6) is -0.0101. The number of nitrogens with zero attached hydrogens (tertiary/aromatic N) is 3. The molecule has 1 unspecified atom stereocenters. The third kappa shape index (κ3) is 4.61. The standard InChI is InChI=1S/C21H27ClN4O3S/c22-18-14-23-13-16-5-4-6-19(21(16)18)30(28,29)26-12-7-17(15-26)24-20(27)8-11-25-9-2-1-3-10-25/h4-6,13-14,17H,1-3,7-12,15H2,(H,24,27). The fourth-order valence-corrected chi connectivity index (χ4v) is 6.38. The predicted molar refractivity (Wildman–Crippen MR) is 117 cm³/mol. The number of halogens is 1. The van der Waals surface area contributed by atoms with Crippen molar-refractivity contribution < 1.29 is 13.2 Å². The molecule has 2 fully saturated rings. The molecule has 3 heterocycles. The lowest BCUT2D eigenvalue weighted by Gasteiger charge is -2.26. The van der Waals surface area contributed by atoms with Crippen molar-refractivity contribution in [1.29, 1.82) is 0 Å². The smallest absolute Gasteiger partial charge is 0.243 e. The van der Waals surface area contributed by atoms with Crippen molar-refractivity contribution >= 4 is 38.3 Å². The van der Waals surface area contributed by atoms with Crippen molar-refractivity contribution in [2.24, 2.45) is 0 Å². The first-order valence-electron chi connectivity index (χ1n) is 10.5. The minimum atomic E-state index is -3.72. The Bertz CT molecular complexity index is 1020. The lowest BCUT2D eigenvalue weighted by molar-refractivity contribution is -0.122. The number of sulfonamides is 1. The number of fused-ring (bicyclic) bond motifs is 1. The van der Waals surface area contributed by atoms with Gasteiger partial charge in [0.15, 0.2) is 0 Å². The van der Waals surface area contributed by atoms with Crippen LogP contribution in [0.15, 0.2) is 35.5 Å². The van der Waals surface area contributed by atoms with Crippen LogP contribution in [-0.2, 0) is 14.8 Å². The summed E-state index contributed by atoms with van der Waals surface area (Å²) in [6, 6.07) is 4.90. The molecular formula is C21H27ClN4O3S. The Labute approximate surface area is 182 Å². The quantitative estimate of drug-likeness (QED) is 0.731. The second kappa shape index (κ2) is 9.18. The van der Waals surface area contributed by atoms with E-state index in [9.17, 15) is 13.2 Å². The third-order valence-corrected chi connectivity index (χ3v) is 8.13. The van der Waals surface area contributed by atoms with E-state index in [1.165, 1.54) is 29.8 Å². The molecule has 4 rings (SSSR count).